The number of fused-ring (bicyclic) bond motifs is 1. The minimum Gasteiger partial charge on any atom is -0.349 e. The number of hydrogen-bond acceptors (Lipinski definition) is 2. The van der Waals surface area contributed by atoms with Gasteiger partial charge in [-0.2, -0.15) is 0 Å². The Bertz CT molecular complexity index is 375. The van der Waals surface area contributed by atoms with E-state index in [2.05, 4.69) is 4.98 Å². The van der Waals surface area contributed by atoms with Gasteiger partial charge in [0.25, 0.3) is 0 Å². The van der Waals surface area contributed by atoms with Crippen molar-refractivity contribution in [3.63, 3.8) is 0 Å². The zero-order valence-electron chi connectivity index (χ0n) is 6.28. The molecule has 0 bridgehead atoms. The summed E-state index contributed by atoms with van der Waals surface area (Å²) in [5.41, 5.74) is 1.90. The van der Waals surface area contributed by atoms with Crippen molar-refractivity contribution in [3.8, 4) is 0 Å². The monoisotopic (exact) mass is 177 g/mol. The second-order valence-electron chi connectivity index (χ2n) is 2.43. The quantitative estimate of drug-likeness (QED) is 0.564. The third-order valence-electron chi connectivity index (χ3n) is 1.68. The number of nitrogens with one attached hydrogen (secondary N) is 1. The first-order chi connectivity index (χ1) is 5.90. The summed E-state index contributed by atoms with van der Waals surface area (Å²) in [6.45, 7) is 0. The molecule has 2 rings (SSSR count). The van der Waals surface area contributed by atoms with E-state index < -0.39 is 0 Å². The number of thioether (sulfide) groups is 1. The summed E-state index contributed by atoms with van der Waals surface area (Å²) < 4.78 is 0. The summed E-state index contributed by atoms with van der Waals surface area (Å²) in [6, 6.07) is 9.92. The van der Waals surface area contributed by atoms with E-state index in [9.17, 15) is 4.79 Å². The van der Waals surface area contributed by atoms with Crippen molar-refractivity contribution in [3.05, 3.63) is 30.3 Å². The molecular weight excluding hydrogens is 170 g/mol. The van der Waals surface area contributed by atoms with Crippen LogP contribution in [-0.4, -0.2) is 10.6 Å². The largest absolute Gasteiger partial charge is 0.349 e. The van der Waals surface area contributed by atoms with Crippen molar-refractivity contribution in [1.29, 1.82) is 0 Å². The van der Waals surface area contributed by atoms with Gasteiger partial charge >= 0.3 is 0 Å². The molecule has 0 fully saturated rings. The molecule has 0 atom stereocenters. The maximum absolute atomic E-state index is 10.2. The van der Waals surface area contributed by atoms with E-state index in [1.807, 2.05) is 30.3 Å². The molecule has 0 saturated carbocycles. The van der Waals surface area contributed by atoms with Gasteiger partial charge in [0, 0.05) is 10.9 Å². The zero-order valence-corrected chi connectivity index (χ0v) is 7.10. The normalized spacial score (nSPS) is 10.3. The molecule has 1 aromatic heterocycles. The average Bonchev–Trinajstić information content (AvgIpc) is 2.47. The maximum atomic E-state index is 10.2. The van der Waals surface area contributed by atoms with Gasteiger partial charge < -0.3 is 4.98 Å². The summed E-state index contributed by atoms with van der Waals surface area (Å²) in [7, 11) is 0. The summed E-state index contributed by atoms with van der Waals surface area (Å²) in [4.78, 5) is 13.3. The van der Waals surface area contributed by atoms with Crippen LogP contribution in [0, 0.1) is 0 Å². The van der Waals surface area contributed by atoms with Crippen LogP contribution in [0.3, 0.4) is 0 Å². The molecule has 0 aliphatic rings. The van der Waals surface area contributed by atoms with Gasteiger partial charge in [0.2, 0.25) is 0 Å². The number of carbonyl (C=O) groups excluding carboxylic acids is 1. The topological polar surface area (TPSA) is 32.9 Å². The molecule has 3 heteroatoms. The smallest absolute Gasteiger partial charge is 0.182 e. The first kappa shape index (κ1) is 7.43. The van der Waals surface area contributed by atoms with Crippen molar-refractivity contribution < 1.29 is 4.79 Å². The molecule has 0 amide bonds. The second kappa shape index (κ2) is 3.03. The van der Waals surface area contributed by atoms with Crippen molar-refractivity contribution in [2.75, 3.05) is 0 Å². The molecule has 0 spiro atoms. The molecule has 12 heavy (non-hydrogen) atoms. The molecule has 1 heterocycles. The Labute approximate surface area is 74.0 Å². The van der Waals surface area contributed by atoms with Crippen LogP contribution in [0.25, 0.3) is 10.9 Å². The number of aromatic nitrogens is 1. The number of benzene rings is 1. The molecular formula is C9H7NOS. The number of carbonyl (C=O) groups is 1. The van der Waals surface area contributed by atoms with Gasteiger partial charge in [-0.1, -0.05) is 18.2 Å². The standard InChI is InChI=1S/C9H7NOS/c11-6-12-9-5-7-3-1-2-4-8(7)10-9/h1-6,10H. The Morgan fingerprint density at radius 2 is 2.17 bits per heavy atom. The van der Waals surface area contributed by atoms with Crippen molar-refractivity contribution >= 4 is 28.3 Å². The Hall–Kier alpha value is -1.22. The van der Waals surface area contributed by atoms with Crippen molar-refractivity contribution in [1.82, 2.24) is 4.98 Å². The van der Waals surface area contributed by atoms with E-state index in [1.165, 1.54) is 0 Å². The predicted molar refractivity (Wildman–Crippen MR) is 50.9 cm³/mol. The molecule has 0 aliphatic heterocycles. The van der Waals surface area contributed by atoms with Crippen LogP contribution < -0.4 is 0 Å². The number of rotatable bonds is 2. The lowest BCUT2D eigenvalue weighted by Gasteiger charge is -1.84. The summed E-state index contributed by atoms with van der Waals surface area (Å²) in [5.74, 6) is 0. The highest BCUT2D eigenvalue weighted by Crippen LogP contribution is 2.20. The zero-order chi connectivity index (χ0) is 8.39. The van der Waals surface area contributed by atoms with Crippen LogP contribution in [-0.2, 0) is 4.79 Å². The van der Waals surface area contributed by atoms with E-state index in [-0.39, 0.29) is 0 Å². The predicted octanol–water partition coefficient (Wildman–Crippen LogP) is 2.45. The summed E-state index contributed by atoms with van der Waals surface area (Å²) in [6.07, 6.45) is 0. The third-order valence-corrected chi connectivity index (χ3v) is 2.25. The summed E-state index contributed by atoms with van der Waals surface area (Å²) in [5, 5.41) is 2.04. The van der Waals surface area contributed by atoms with Crippen LogP contribution >= 0.6 is 11.8 Å². The minimum atomic E-state index is 0.824. The SMILES string of the molecule is O=CSc1cc2ccccc2[nH]1. The fourth-order valence-corrected chi connectivity index (χ4v) is 1.63. The Morgan fingerprint density at radius 1 is 1.33 bits per heavy atom. The van der Waals surface area contributed by atoms with Crippen molar-refractivity contribution in [2.45, 2.75) is 5.03 Å². The lowest BCUT2D eigenvalue weighted by molar-refractivity contribution is 0.570. The number of H-pyrrole nitrogens is 1. The molecule has 0 aliphatic carbocycles. The fraction of sp³-hybridized carbons (Fsp3) is 0. The molecule has 2 aromatic rings. The van der Waals surface area contributed by atoms with Gasteiger partial charge in [0.1, 0.15) is 0 Å². The summed E-state index contributed by atoms with van der Waals surface area (Å²) >= 11 is 1.16. The maximum Gasteiger partial charge on any atom is 0.182 e. The van der Waals surface area contributed by atoms with Crippen LogP contribution in [0.4, 0.5) is 0 Å². The van der Waals surface area contributed by atoms with Crippen LogP contribution in [0.15, 0.2) is 35.4 Å². The minimum absolute atomic E-state index is 0.824. The van der Waals surface area contributed by atoms with Gasteiger partial charge in [-0.3, -0.25) is 4.79 Å². The Morgan fingerprint density at radius 3 is 2.92 bits per heavy atom. The van der Waals surface area contributed by atoms with E-state index >= 15 is 0 Å². The van der Waals surface area contributed by atoms with E-state index in [0.29, 0.717) is 0 Å². The van der Waals surface area contributed by atoms with E-state index in [4.69, 9.17) is 0 Å². The second-order valence-corrected chi connectivity index (χ2v) is 3.30. The highest BCUT2D eigenvalue weighted by atomic mass is 32.2. The first-order valence-corrected chi connectivity index (χ1v) is 4.46. The highest BCUT2D eigenvalue weighted by molar-refractivity contribution is 8.11. The van der Waals surface area contributed by atoms with Gasteiger partial charge in [-0.15, -0.1) is 0 Å². The Kier molecular flexibility index (Phi) is 1.87. The number of aromatic amines is 1. The van der Waals surface area contributed by atoms with Gasteiger partial charge in [-0.25, -0.2) is 0 Å². The van der Waals surface area contributed by atoms with E-state index in [0.717, 1.165) is 33.3 Å². The van der Waals surface area contributed by atoms with Gasteiger partial charge in [0.05, 0.1) is 5.03 Å². The molecule has 1 aromatic carbocycles. The average molecular weight is 177 g/mol. The van der Waals surface area contributed by atoms with Crippen molar-refractivity contribution in [2.24, 2.45) is 0 Å². The Balaban J connectivity index is 2.54. The first-order valence-electron chi connectivity index (χ1n) is 3.58. The fourth-order valence-electron chi connectivity index (χ4n) is 1.16. The third kappa shape index (κ3) is 1.23. The number of hydrogen-bond donors (Lipinski definition) is 1. The molecule has 2 nitrogen and oxygen atoms in total. The highest BCUT2D eigenvalue weighted by Gasteiger charge is 1.98. The molecule has 1 N–H and O–H groups in total. The van der Waals surface area contributed by atoms with Crippen LogP contribution in [0.2, 0.25) is 0 Å². The van der Waals surface area contributed by atoms with Crippen LogP contribution in [0.1, 0.15) is 0 Å². The van der Waals surface area contributed by atoms with Crippen LogP contribution in [0.5, 0.6) is 0 Å². The molecule has 60 valence electrons. The molecule has 0 saturated heterocycles. The lowest BCUT2D eigenvalue weighted by atomic mass is 10.3. The molecule has 0 unspecified atom stereocenters. The van der Waals surface area contributed by atoms with Gasteiger partial charge in [0.15, 0.2) is 5.62 Å². The molecule has 0 radical (unpaired) electrons. The van der Waals surface area contributed by atoms with E-state index in [1.54, 1.807) is 0 Å². The lowest BCUT2D eigenvalue weighted by Crippen LogP contribution is -1.67. The van der Waals surface area contributed by atoms with Gasteiger partial charge in [-0.05, 0) is 23.9 Å². The number of para-hydroxylation sites is 1.